The van der Waals surface area contributed by atoms with Crippen LogP contribution in [0.15, 0.2) is 52.0 Å². The maximum absolute atomic E-state index is 12.9. The molecule has 27 heavy (non-hydrogen) atoms. The van der Waals surface area contributed by atoms with Crippen LogP contribution in [0.25, 0.3) is 16.8 Å². The number of halogens is 1. The fourth-order valence-corrected chi connectivity index (χ4v) is 3.01. The average molecular weight is 432 g/mol. The van der Waals surface area contributed by atoms with Gasteiger partial charge in [0.15, 0.2) is 0 Å². The number of nitrogens with zero attached hydrogens (tertiary/aromatic N) is 2. The van der Waals surface area contributed by atoms with Crippen molar-refractivity contribution in [2.24, 2.45) is 0 Å². The standard InChI is InChI=1S/C19H18BrN3O4/c1-12-14(3-2-4-16(12)20)15-10-22-17-9-13(5-7-23(17)18(15)25)11-27-19(26)21-6-8-24/h2-5,7,9-10,24H,6,8,11H2,1H3,(H,21,26). The van der Waals surface area contributed by atoms with Gasteiger partial charge in [-0.2, -0.15) is 0 Å². The molecule has 7 nitrogen and oxygen atoms in total. The number of aliphatic hydroxyl groups excluding tert-OH is 1. The Kier molecular flexibility index (Phi) is 5.88. The Balaban J connectivity index is 1.89. The summed E-state index contributed by atoms with van der Waals surface area (Å²) >= 11 is 3.48. The highest BCUT2D eigenvalue weighted by Crippen LogP contribution is 2.26. The van der Waals surface area contributed by atoms with Crippen LogP contribution in [-0.4, -0.2) is 33.7 Å². The van der Waals surface area contributed by atoms with E-state index >= 15 is 0 Å². The van der Waals surface area contributed by atoms with E-state index in [0.29, 0.717) is 16.8 Å². The normalized spacial score (nSPS) is 10.8. The minimum Gasteiger partial charge on any atom is -0.445 e. The van der Waals surface area contributed by atoms with E-state index < -0.39 is 6.09 Å². The highest BCUT2D eigenvalue weighted by Gasteiger charge is 2.12. The minimum absolute atomic E-state index is 0.0378. The van der Waals surface area contributed by atoms with Crippen molar-refractivity contribution in [2.75, 3.05) is 13.2 Å². The highest BCUT2D eigenvalue weighted by atomic mass is 79.9. The Bertz CT molecular complexity index is 1050. The minimum atomic E-state index is -0.616. The van der Waals surface area contributed by atoms with E-state index in [1.165, 1.54) is 4.40 Å². The number of ether oxygens (including phenoxy) is 1. The van der Waals surface area contributed by atoms with E-state index in [9.17, 15) is 9.59 Å². The lowest BCUT2D eigenvalue weighted by Gasteiger charge is -2.10. The maximum Gasteiger partial charge on any atom is 0.407 e. The second-order valence-electron chi connectivity index (χ2n) is 5.88. The van der Waals surface area contributed by atoms with E-state index in [2.05, 4.69) is 26.2 Å². The van der Waals surface area contributed by atoms with E-state index in [1.54, 1.807) is 24.5 Å². The van der Waals surface area contributed by atoms with E-state index in [-0.39, 0.29) is 25.3 Å². The molecule has 2 heterocycles. The van der Waals surface area contributed by atoms with Gasteiger partial charge in [-0.05, 0) is 41.8 Å². The summed E-state index contributed by atoms with van der Waals surface area (Å²) in [5.74, 6) is 0. The molecule has 1 amide bonds. The number of benzene rings is 1. The first kappa shape index (κ1) is 19.1. The van der Waals surface area contributed by atoms with Crippen LogP contribution in [0.1, 0.15) is 11.1 Å². The molecule has 2 aromatic heterocycles. The highest BCUT2D eigenvalue weighted by molar-refractivity contribution is 9.10. The van der Waals surface area contributed by atoms with Gasteiger partial charge in [-0.25, -0.2) is 9.78 Å². The number of carbonyl (C=O) groups excluding carboxylic acids is 1. The van der Waals surface area contributed by atoms with Crippen LogP contribution in [0, 0.1) is 6.92 Å². The molecule has 0 radical (unpaired) electrons. The summed E-state index contributed by atoms with van der Waals surface area (Å²) in [6, 6.07) is 9.08. The number of pyridine rings is 1. The van der Waals surface area contributed by atoms with Gasteiger partial charge in [0.05, 0.1) is 12.2 Å². The summed E-state index contributed by atoms with van der Waals surface area (Å²) < 4.78 is 7.44. The molecule has 0 saturated heterocycles. The van der Waals surface area contributed by atoms with Gasteiger partial charge < -0.3 is 15.2 Å². The fourth-order valence-electron chi connectivity index (χ4n) is 2.65. The van der Waals surface area contributed by atoms with E-state index in [4.69, 9.17) is 9.84 Å². The largest absolute Gasteiger partial charge is 0.445 e. The van der Waals surface area contributed by atoms with Gasteiger partial charge in [-0.3, -0.25) is 9.20 Å². The Morgan fingerprint density at radius 2 is 2.15 bits per heavy atom. The van der Waals surface area contributed by atoms with Crippen LogP contribution in [0.3, 0.4) is 0 Å². The van der Waals surface area contributed by atoms with Crippen LogP contribution in [0.4, 0.5) is 4.79 Å². The zero-order valence-corrected chi connectivity index (χ0v) is 16.2. The summed E-state index contributed by atoms with van der Waals surface area (Å²) in [6.45, 7) is 1.95. The second-order valence-corrected chi connectivity index (χ2v) is 6.73. The molecule has 140 valence electrons. The number of aliphatic hydroxyl groups is 1. The molecule has 3 aromatic rings. The summed E-state index contributed by atoms with van der Waals surface area (Å²) in [5, 5.41) is 11.1. The van der Waals surface area contributed by atoms with Crippen molar-refractivity contribution in [3.05, 3.63) is 68.7 Å². The molecule has 0 atom stereocenters. The van der Waals surface area contributed by atoms with Crippen molar-refractivity contribution in [1.82, 2.24) is 14.7 Å². The number of hydrogen-bond donors (Lipinski definition) is 2. The number of carbonyl (C=O) groups is 1. The third-order valence-corrected chi connectivity index (χ3v) is 4.94. The zero-order chi connectivity index (χ0) is 19.4. The molecule has 3 rings (SSSR count). The molecule has 8 heteroatoms. The number of alkyl carbamates (subject to hydrolysis) is 1. The Labute approximate surface area is 163 Å². The number of aromatic nitrogens is 2. The average Bonchev–Trinajstić information content (AvgIpc) is 2.67. The first-order chi connectivity index (χ1) is 13.0. The number of nitrogens with one attached hydrogen (secondary N) is 1. The van der Waals surface area contributed by atoms with Crippen molar-refractivity contribution >= 4 is 27.7 Å². The second kappa shape index (κ2) is 8.32. The van der Waals surface area contributed by atoms with Crippen molar-refractivity contribution < 1.29 is 14.6 Å². The molecule has 0 unspecified atom stereocenters. The molecular weight excluding hydrogens is 414 g/mol. The lowest BCUT2D eigenvalue weighted by Crippen LogP contribution is -2.27. The molecule has 0 spiro atoms. The predicted molar refractivity (Wildman–Crippen MR) is 105 cm³/mol. The quantitative estimate of drug-likeness (QED) is 0.647. The fraction of sp³-hybridized carbons (Fsp3) is 0.211. The third kappa shape index (κ3) is 4.17. The van der Waals surface area contributed by atoms with Crippen molar-refractivity contribution in [1.29, 1.82) is 0 Å². The molecular formula is C19H18BrN3O4. The summed E-state index contributed by atoms with van der Waals surface area (Å²) in [6.07, 6.45) is 2.56. The smallest absolute Gasteiger partial charge is 0.407 e. The topological polar surface area (TPSA) is 92.9 Å². The molecule has 0 bridgehead atoms. The van der Waals surface area contributed by atoms with Gasteiger partial charge in [0.25, 0.3) is 5.56 Å². The summed E-state index contributed by atoms with van der Waals surface area (Å²) in [7, 11) is 0. The van der Waals surface area contributed by atoms with Crippen LogP contribution in [0.5, 0.6) is 0 Å². The predicted octanol–water partition coefficient (Wildman–Crippen LogP) is 2.65. The van der Waals surface area contributed by atoms with Crippen LogP contribution in [0.2, 0.25) is 0 Å². The van der Waals surface area contributed by atoms with E-state index in [0.717, 1.165) is 15.6 Å². The SMILES string of the molecule is Cc1c(Br)cccc1-c1cnc2cc(COC(=O)NCCO)ccn2c1=O. The molecule has 0 aliphatic rings. The Morgan fingerprint density at radius 3 is 2.93 bits per heavy atom. The van der Waals surface area contributed by atoms with Gasteiger partial charge >= 0.3 is 6.09 Å². The van der Waals surface area contributed by atoms with Gasteiger partial charge in [0.1, 0.15) is 12.3 Å². The molecule has 0 fully saturated rings. The van der Waals surface area contributed by atoms with Crippen molar-refractivity contribution in [3.63, 3.8) is 0 Å². The van der Waals surface area contributed by atoms with Gasteiger partial charge in [0.2, 0.25) is 0 Å². The van der Waals surface area contributed by atoms with Crippen LogP contribution in [-0.2, 0) is 11.3 Å². The van der Waals surface area contributed by atoms with Gasteiger partial charge in [-0.1, -0.05) is 28.1 Å². The van der Waals surface area contributed by atoms with Crippen molar-refractivity contribution in [3.8, 4) is 11.1 Å². The number of amides is 1. The Morgan fingerprint density at radius 1 is 1.33 bits per heavy atom. The lowest BCUT2D eigenvalue weighted by molar-refractivity contribution is 0.137. The number of rotatable bonds is 5. The number of hydrogen-bond acceptors (Lipinski definition) is 5. The van der Waals surface area contributed by atoms with Crippen LogP contribution < -0.4 is 10.9 Å². The van der Waals surface area contributed by atoms with E-state index in [1.807, 2.05) is 25.1 Å². The van der Waals surface area contributed by atoms with Gasteiger partial charge in [-0.15, -0.1) is 0 Å². The number of fused-ring (bicyclic) bond motifs is 1. The molecule has 2 N–H and O–H groups in total. The Hall–Kier alpha value is -2.71. The van der Waals surface area contributed by atoms with Crippen LogP contribution >= 0.6 is 15.9 Å². The summed E-state index contributed by atoms with van der Waals surface area (Å²) in [4.78, 5) is 28.7. The monoisotopic (exact) mass is 431 g/mol. The third-order valence-electron chi connectivity index (χ3n) is 4.08. The van der Waals surface area contributed by atoms with Crippen molar-refractivity contribution in [2.45, 2.75) is 13.5 Å². The first-order valence-corrected chi connectivity index (χ1v) is 9.08. The molecule has 0 aliphatic heterocycles. The van der Waals surface area contributed by atoms with Gasteiger partial charge in [0, 0.05) is 23.4 Å². The molecule has 0 aliphatic carbocycles. The lowest BCUT2D eigenvalue weighted by atomic mass is 10.0. The molecule has 1 aromatic carbocycles. The first-order valence-electron chi connectivity index (χ1n) is 8.28. The zero-order valence-electron chi connectivity index (χ0n) is 14.6. The maximum atomic E-state index is 12.9. The summed E-state index contributed by atoms with van der Waals surface area (Å²) in [5.41, 5.74) is 3.30. The molecule has 0 saturated carbocycles.